The van der Waals surface area contributed by atoms with Gasteiger partial charge in [-0.15, -0.1) is 0 Å². The van der Waals surface area contributed by atoms with E-state index in [1.165, 1.54) is 0 Å². The number of pyridine rings is 1. The van der Waals surface area contributed by atoms with E-state index >= 15 is 4.39 Å². The van der Waals surface area contributed by atoms with Gasteiger partial charge in [0.25, 0.3) is 0 Å². The number of nitrogens with one attached hydrogen (secondary N) is 1. The highest BCUT2D eigenvalue weighted by Gasteiger charge is 2.45. The van der Waals surface area contributed by atoms with Crippen LogP contribution in [0.1, 0.15) is 38.3 Å². The van der Waals surface area contributed by atoms with Crippen molar-refractivity contribution in [2.24, 2.45) is 0 Å². The number of phenolic OH excluding ortho intramolecular Hbond substituents is 1. The van der Waals surface area contributed by atoms with Gasteiger partial charge in [0.05, 0.1) is 29.3 Å². The molecule has 29 heavy (non-hydrogen) atoms. The maximum absolute atomic E-state index is 15.1. The molecule has 148 valence electrons. The van der Waals surface area contributed by atoms with Gasteiger partial charge in [-0.05, 0) is 67.8 Å². The van der Waals surface area contributed by atoms with Gasteiger partial charge in [-0.3, -0.25) is 15.0 Å². The van der Waals surface area contributed by atoms with Crippen molar-refractivity contribution in [2.45, 2.75) is 50.4 Å². The molecular weight excluding hydrogens is 367 g/mol. The van der Waals surface area contributed by atoms with Crippen LogP contribution in [-0.4, -0.2) is 37.8 Å². The van der Waals surface area contributed by atoms with Gasteiger partial charge in [-0.1, -0.05) is 0 Å². The highest BCUT2D eigenvalue weighted by atomic mass is 19.1. The summed E-state index contributed by atoms with van der Waals surface area (Å²) >= 11 is 0. The van der Waals surface area contributed by atoms with Crippen LogP contribution in [-0.2, 0) is 0 Å². The molecule has 0 spiro atoms. The van der Waals surface area contributed by atoms with Crippen molar-refractivity contribution >= 4 is 16.8 Å². The van der Waals surface area contributed by atoms with E-state index in [0.717, 1.165) is 35.6 Å². The van der Waals surface area contributed by atoms with Crippen molar-refractivity contribution in [3.05, 3.63) is 54.3 Å². The molecule has 1 aromatic carbocycles. The number of piperidine rings is 2. The van der Waals surface area contributed by atoms with Crippen LogP contribution in [0.25, 0.3) is 28.1 Å². The monoisotopic (exact) mass is 390 g/mol. The summed E-state index contributed by atoms with van der Waals surface area (Å²) in [6.07, 6.45) is 11.2. The summed E-state index contributed by atoms with van der Waals surface area (Å²) in [6.45, 7) is 1.98. The van der Waals surface area contributed by atoms with E-state index in [9.17, 15) is 5.11 Å². The van der Waals surface area contributed by atoms with Crippen molar-refractivity contribution in [2.75, 3.05) is 0 Å². The Bertz CT molecular complexity index is 1100. The first-order chi connectivity index (χ1) is 14.0. The molecule has 0 amide bonds. The highest BCUT2D eigenvalue weighted by Crippen LogP contribution is 2.39. The summed E-state index contributed by atoms with van der Waals surface area (Å²) in [5.41, 5.74) is 2.14. The number of hydrogen-bond acceptors (Lipinski definition) is 5. The minimum atomic E-state index is -1.02. The van der Waals surface area contributed by atoms with E-state index in [1.807, 2.05) is 25.1 Å². The van der Waals surface area contributed by atoms with Crippen LogP contribution in [0.5, 0.6) is 5.75 Å². The summed E-state index contributed by atoms with van der Waals surface area (Å²) in [4.78, 5) is 13.0. The molecule has 3 atom stereocenters. The fourth-order valence-electron chi connectivity index (χ4n) is 4.68. The first-order valence-corrected chi connectivity index (χ1v) is 10.0. The lowest BCUT2D eigenvalue weighted by Crippen LogP contribution is -2.61. The molecule has 2 aliphatic rings. The van der Waals surface area contributed by atoms with Crippen LogP contribution in [0.15, 0.2) is 48.6 Å². The number of hydrogen-bond donors (Lipinski definition) is 2. The Hall–Kier alpha value is -2.86. The van der Waals surface area contributed by atoms with Crippen molar-refractivity contribution in [3.63, 3.8) is 0 Å². The molecule has 2 bridgehead atoms. The Morgan fingerprint density at radius 1 is 1.21 bits per heavy atom. The number of benzene rings is 1. The topological polar surface area (TPSA) is 70.9 Å². The summed E-state index contributed by atoms with van der Waals surface area (Å²) in [7, 11) is 0. The van der Waals surface area contributed by atoms with Gasteiger partial charge < -0.3 is 10.4 Å². The zero-order valence-corrected chi connectivity index (χ0v) is 16.3. The second kappa shape index (κ2) is 6.88. The van der Waals surface area contributed by atoms with Crippen LogP contribution < -0.4 is 5.32 Å². The zero-order chi connectivity index (χ0) is 20.0. The van der Waals surface area contributed by atoms with E-state index < -0.39 is 11.7 Å². The molecule has 2 aromatic heterocycles. The Labute approximate surface area is 168 Å². The summed E-state index contributed by atoms with van der Waals surface area (Å²) in [6, 6.07) is 5.78. The fraction of sp³-hybridized carbons (Fsp3) is 0.348. The predicted molar refractivity (Wildman–Crippen MR) is 111 cm³/mol. The van der Waals surface area contributed by atoms with Crippen molar-refractivity contribution in [1.29, 1.82) is 0 Å². The average Bonchev–Trinajstić information content (AvgIpc) is 2.72. The largest absolute Gasteiger partial charge is 0.507 e. The van der Waals surface area contributed by atoms with Crippen LogP contribution in [0.2, 0.25) is 0 Å². The lowest BCUT2D eigenvalue weighted by Gasteiger charge is -2.47. The molecule has 6 heteroatoms. The summed E-state index contributed by atoms with van der Waals surface area (Å²) in [5, 5.41) is 15.7. The molecule has 5 rings (SSSR count). The molecule has 4 heterocycles. The number of rotatable bonds is 2. The van der Waals surface area contributed by atoms with Crippen molar-refractivity contribution in [1.82, 2.24) is 20.3 Å². The van der Waals surface area contributed by atoms with Gasteiger partial charge in [0.15, 0.2) is 0 Å². The maximum Gasteiger partial charge on any atom is 0.139 e. The predicted octanol–water partition coefficient (Wildman–Crippen LogP) is 4.42. The lowest BCUT2D eigenvalue weighted by molar-refractivity contribution is 0.0993. The van der Waals surface area contributed by atoms with E-state index in [-0.39, 0.29) is 5.75 Å². The molecule has 0 radical (unpaired) electrons. The number of nitrogens with zero attached hydrogens (tertiary/aromatic N) is 3. The SMILES string of the molecule is C[C@]12CCCC(C/C(=C\c3cnc(-c4cc5ccncc5cc4O)cn3)[C@@H]1F)N2. The van der Waals surface area contributed by atoms with Crippen LogP contribution in [0.3, 0.4) is 0 Å². The minimum absolute atomic E-state index is 0.133. The van der Waals surface area contributed by atoms with Gasteiger partial charge >= 0.3 is 0 Å². The summed E-state index contributed by atoms with van der Waals surface area (Å²) in [5.74, 6) is 0.133. The smallest absolute Gasteiger partial charge is 0.139 e. The van der Waals surface area contributed by atoms with Crippen LogP contribution in [0.4, 0.5) is 4.39 Å². The van der Waals surface area contributed by atoms with Crippen molar-refractivity contribution in [3.8, 4) is 17.0 Å². The van der Waals surface area contributed by atoms with E-state index in [2.05, 4.69) is 20.3 Å². The number of halogens is 1. The van der Waals surface area contributed by atoms with Gasteiger partial charge in [-0.2, -0.15) is 0 Å². The van der Waals surface area contributed by atoms with E-state index in [1.54, 1.807) is 30.9 Å². The minimum Gasteiger partial charge on any atom is -0.507 e. The zero-order valence-electron chi connectivity index (χ0n) is 16.3. The second-order valence-corrected chi connectivity index (χ2v) is 8.36. The third-order valence-electron chi connectivity index (χ3n) is 6.19. The van der Waals surface area contributed by atoms with E-state index in [0.29, 0.717) is 29.4 Å². The number of aromatic nitrogens is 3. The van der Waals surface area contributed by atoms with Gasteiger partial charge in [0.2, 0.25) is 0 Å². The molecule has 2 N–H and O–H groups in total. The Morgan fingerprint density at radius 3 is 2.93 bits per heavy atom. The van der Waals surface area contributed by atoms with Crippen LogP contribution >= 0.6 is 0 Å². The first kappa shape index (κ1) is 18.2. The fourth-order valence-corrected chi connectivity index (χ4v) is 4.68. The molecule has 2 saturated heterocycles. The number of phenols is 1. The lowest BCUT2D eigenvalue weighted by atomic mass is 9.74. The molecule has 0 saturated carbocycles. The molecule has 5 nitrogen and oxygen atoms in total. The van der Waals surface area contributed by atoms with E-state index in [4.69, 9.17) is 0 Å². The van der Waals surface area contributed by atoms with Gasteiger partial charge in [-0.25, -0.2) is 4.39 Å². The Morgan fingerprint density at radius 2 is 2.10 bits per heavy atom. The number of fused-ring (bicyclic) bond motifs is 3. The molecule has 3 aromatic rings. The molecule has 1 unspecified atom stereocenters. The standard InChI is InChI=1S/C23H23FN4O/c1-23-5-2-3-17(28-23)7-15(22(23)24)8-18-12-27-20(13-26-18)19-9-14-4-6-25-11-16(14)10-21(19)29/h4,6,8-13,17,22,28-29H,2-3,5,7H2,1H3/b15-8+/t17?,22-,23-/m0/s1. The third kappa shape index (κ3) is 3.27. The Balaban J connectivity index is 1.45. The second-order valence-electron chi connectivity index (χ2n) is 8.36. The average molecular weight is 390 g/mol. The highest BCUT2D eigenvalue weighted by molar-refractivity contribution is 5.89. The normalized spacial score (nSPS) is 28.0. The first-order valence-electron chi connectivity index (χ1n) is 10.0. The third-order valence-corrected chi connectivity index (χ3v) is 6.19. The molecule has 2 aliphatic heterocycles. The number of aromatic hydroxyl groups is 1. The number of alkyl halides is 1. The van der Waals surface area contributed by atoms with Gasteiger partial charge in [0, 0.05) is 29.4 Å². The maximum atomic E-state index is 15.1. The van der Waals surface area contributed by atoms with Crippen molar-refractivity contribution < 1.29 is 9.50 Å². The van der Waals surface area contributed by atoms with Gasteiger partial charge in [0.1, 0.15) is 11.9 Å². The quantitative estimate of drug-likeness (QED) is 0.678. The molecule has 2 fully saturated rings. The molecule has 0 aliphatic carbocycles. The molecular formula is C23H23FN4O. The summed E-state index contributed by atoms with van der Waals surface area (Å²) < 4.78 is 15.1. The Kier molecular flexibility index (Phi) is 4.32. The van der Waals surface area contributed by atoms with Crippen LogP contribution in [0, 0.1) is 0 Å².